The maximum atomic E-state index is 10.3. The minimum Gasteiger partial charge on any atom is -1.00 e. The van der Waals surface area contributed by atoms with Crippen molar-refractivity contribution < 1.29 is 12.4 Å². The van der Waals surface area contributed by atoms with Gasteiger partial charge in [0.2, 0.25) is 0 Å². The molecule has 0 atom stereocenters. The first-order valence-corrected chi connectivity index (χ1v) is 3.10. The summed E-state index contributed by atoms with van der Waals surface area (Å²) in [6.07, 6.45) is 3.15. The first kappa shape index (κ1) is 13.1. The van der Waals surface area contributed by atoms with Gasteiger partial charge in [0, 0.05) is 6.08 Å². The zero-order valence-corrected chi connectivity index (χ0v) is 8.64. The Balaban J connectivity index is -0.000000107. The average molecular weight is 170 g/mol. The maximum absolute atomic E-state index is 10.3. The van der Waals surface area contributed by atoms with Gasteiger partial charge in [0.25, 0.3) is 0 Å². The van der Waals surface area contributed by atoms with Crippen LogP contribution in [0.2, 0.25) is 0 Å². The minimum absolute atomic E-state index is 0. The molecule has 10 heavy (non-hydrogen) atoms. The maximum Gasteiger partial charge on any atom is 2.00 e. The van der Waals surface area contributed by atoms with Crippen LogP contribution in [-0.4, -0.2) is 50.3 Å². The topological polar surface area (TPSA) is 26.3 Å². The molecule has 0 aliphatic heterocycles. The van der Waals surface area contributed by atoms with Crippen molar-refractivity contribution >= 4 is 43.7 Å². The summed E-state index contributed by atoms with van der Waals surface area (Å²) in [5, 5.41) is 0. The smallest absolute Gasteiger partial charge is 1.00 e. The predicted octanol–water partition coefficient (Wildman–Crippen LogP) is 1.36. The van der Waals surface area contributed by atoms with Gasteiger partial charge in [-0.2, -0.15) is 0 Å². The molecule has 0 unspecified atom stereocenters. The molecule has 0 heterocycles. The van der Waals surface area contributed by atoms with E-state index in [0.717, 1.165) is 12.8 Å². The van der Waals surface area contributed by atoms with Gasteiger partial charge in [0.05, 0.1) is 6.61 Å². The Morgan fingerprint density at radius 2 is 2.40 bits per heavy atom. The van der Waals surface area contributed by atoms with Crippen LogP contribution in [-0.2, 0) is 9.53 Å². The first-order valence-electron chi connectivity index (χ1n) is 3.10. The number of unbranched alkanes of at least 4 members (excludes halogenated alkanes) is 1. The molecule has 0 amide bonds. The summed E-state index contributed by atoms with van der Waals surface area (Å²) in [5.41, 5.74) is 0. The minimum atomic E-state index is -0.330. The second-order valence-corrected chi connectivity index (χ2v) is 1.73. The van der Waals surface area contributed by atoms with Crippen LogP contribution in [0.3, 0.4) is 0 Å². The molecular formula is C7H14CaO2. The van der Waals surface area contributed by atoms with Gasteiger partial charge in [0.1, 0.15) is 0 Å². The molecule has 0 aliphatic carbocycles. The molecule has 0 fully saturated rings. The quantitative estimate of drug-likeness (QED) is 0.275. The Hall–Kier alpha value is 0.470. The van der Waals surface area contributed by atoms with E-state index in [1.54, 1.807) is 0 Å². The molecule has 0 aliphatic rings. The van der Waals surface area contributed by atoms with Crippen molar-refractivity contribution in [2.75, 3.05) is 6.61 Å². The summed E-state index contributed by atoms with van der Waals surface area (Å²) < 4.78 is 4.67. The zero-order valence-electron chi connectivity index (χ0n) is 8.43. The number of rotatable bonds is 4. The van der Waals surface area contributed by atoms with Crippen molar-refractivity contribution in [2.24, 2.45) is 0 Å². The first-order chi connectivity index (χ1) is 4.31. The van der Waals surface area contributed by atoms with Crippen molar-refractivity contribution in [3.8, 4) is 0 Å². The Morgan fingerprint density at radius 3 is 2.80 bits per heavy atom. The van der Waals surface area contributed by atoms with Crippen LogP contribution < -0.4 is 0 Å². The molecule has 56 valence electrons. The molecule has 0 aromatic heterocycles. The van der Waals surface area contributed by atoms with Crippen molar-refractivity contribution in [2.45, 2.75) is 19.8 Å². The van der Waals surface area contributed by atoms with Gasteiger partial charge in [-0.25, -0.2) is 4.79 Å². The number of esters is 1. The summed E-state index contributed by atoms with van der Waals surface area (Å²) in [7, 11) is 0. The fourth-order valence-corrected chi connectivity index (χ4v) is 0.376. The van der Waals surface area contributed by atoms with Crippen LogP contribution in [0.25, 0.3) is 0 Å². The van der Waals surface area contributed by atoms with E-state index >= 15 is 0 Å². The molecule has 0 spiro atoms. The van der Waals surface area contributed by atoms with E-state index in [9.17, 15) is 4.79 Å². The normalized spacial score (nSPS) is 7.70. The van der Waals surface area contributed by atoms with Gasteiger partial charge < -0.3 is 7.59 Å². The van der Waals surface area contributed by atoms with Crippen molar-refractivity contribution in [1.29, 1.82) is 0 Å². The monoisotopic (exact) mass is 170 g/mol. The molecule has 0 aromatic rings. The summed E-state index contributed by atoms with van der Waals surface area (Å²) in [6, 6.07) is 0. The van der Waals surface area contributed by atoms with E-state index in [2.05, 4.69) is 11.3 Å². The molecule has 0 saturated carbocycles. The Kier molecular flexibility index (Phi) is 12.4. The van der Waals surface area contributed by atoms with Gasteiger partial charge in [-0.1, -0.05) is 19.9 Å². The average Bonchev–Trinajstić information content (AvgIpc) is 1.89. The number of ether oxygens (including phenoxy) is 1. The van der Waals surface area contributed by atoms with Crippen molar-refractivity contribution in [1.82, 2.24) is 0 Å². The molecule has 0 N–H and O–H groups in total. The van der Waals surface area contributed by atoms with Gasteiger partial charge in [-0.15, -0.1) is 0 Å². The van der Waals surface area contributed by atoms with Gasteiger partial charge >= 0.3 is 43.7 Å². The van der Waals surface area contributed by atoms with Gasteiger partial charge in [-0.05, 0) is 6.42 Å². The van der Waals surface area contributed by atoms with Crippen LogP contribution in [0.5, 0.6) is 0 Å². The predicted molar refractivity (Wildman–Crippen MR) is 44.0 cm³/mol. The Morgan fingerprint density at radius 1 is 1.80 bits per heavy atom. The Labute approximate surface area is 94.6 Å². The van der Waals surface area contributed by atoms with E-state index in [1.807, 2.05) is 6.92 Å². The second-order valence-electron chi connectivity index (χ2n) is 1.73. The molecule has 0 radical (unpaired) electrons. The summed E-state index contributed by atoms with van der Waals surface area (Å²) >= 11 is 0. The summed E-state index contributed by atoms with van der Waals surface area (Å²) in [6.45, 7) is 5.82. The zero-order chi connectivity index (χ0) is 7.11. The third kappa shape index (κ3) is 8.47. The third-order valence-electron chi connectivity index (χ3n) is 0.909. The van der Waals surface area contributed by atoms with E-state index < -0.39 is 0 Å². The van der Waals surface area contributed by atoms with E-state index in [-0.39, 0.29) is 46.6 Å². The molecular weight excluding hydrogens is 156 g/mol. The standard InChI is InChI=1S/C7H12O2.Ca.2H/c1-3-5-6-9-7(8)4-2;;;/h4H,2-3,5-6H2,1H3;;;/q;+2;2*-1. The van der Waals surface area contributed by atoms with Crippen LogP contribution in [0.1, 0.15) is 22.6 Å². The van der Waals surface area contributed by atoms with Crippen molar-refractivity contribution in [3.63, 3.8) is 0 Å². The number of carbonyl (C=O) groups excluding carboxylic acids is 1. The Bertz CT molecular complexity index is 110. The molecule has 3 heteroatoms. The number of hydrogen-bond donors (Lipinski definition) is 0. The fraction of sp³-hybridized carbons (Fsp3) is 0.571. The molecule has 2 nitrogen and oxygen atoms in total. The van der Waals surface area contributed by atoms with Crippen LogP contribution >= 0.6 is 0 Å². The van der Waals surface area contributed by atoms with E-state index in [1.165, 1.54) is 6.08 Å². The molecule has 0 rings (SSSR count). The van der Waals surface area contributed by atoms with Crippen molar-refractivity contribution in [3.05, 3.63) is 12.7 Å². The van der Waals surface area contributed by atoms with E-state index in [0.29, 0.717) is 6.61 Å². The molecule has 0 bridgehead atoms. The van der Waals surface area contributed by atoms with E-state index in [4.69, 9.17) is 0 Å². The molecule has 0 aromatic carbocycles. The largest absolute Gasteiger partial charge is 2.00 e. The second kappa shape index (κ2) is 9.47. The SMILES string of the molecule is C=CC(=O)OCCCC.[Ca+2].[H-].[H-]. The summed E-state index contributed by atoms with van der Waals surface area (Å²) in [5.74, 6) is -0.330. The number of hydrogen-bond acceptors (Lipinski definition) is 2. The molecule has 0 saturated heterocycles. The van der Waals surface area contributed by atoms with Crippen LogP contribution in [0.4, 0.5) is 0 Å². The number of carbonyl (C=O) groups is 1. The van der Waals surface area contributed by atoms with Crippen LogP contribution in [0.15, 0.2) is 12.7 Å². The van der Waals surface area contributed by atoms with Gasteiger partial charge in [-0.3, -0.25) is 0 Å². The third-order valence-corrected chi connectivity index (χ3v) is 0.909. The van der Waals surface area contributed by atoms with Gasteiger partial charge in [0.15, 0.2) is 0 Å². The van der Waals surface area contributed by atoms with Crippen LogP contribution in [0, 0.1) is 0 Å². The fourth-order valence-electron chi connectivity index (χ4n) is 0.376. The summed E-state index contributed by atoms with van der Waals surface area (Å²) in [4.78, 5) is 10.3.